The summed E-state index contributed by atoms with van der Waals surface area (Å²) in [5.41, 5.74) is 0. The summed E-state index contributed by atoms with van der Waals surface area (Å²) in [6, 6.07) is -10.5. The Morgan fingerprint density at radius 1 is 0.410 bits per heavy atom. The summed E-state index contributed by atoms with van der Waals surface area (Å²) in [6.07, 6.45) is 25.8. The first-order valence-electron chi connectivity index (χ1n) is 34.6. The fourth-order valence-corrected chi connectivity index (χ4v) is 11.2. The molecule has 0 bridgehead atoms. The van der Waals surface area contributed by atoms with E-state index in [4.69, 9.17) is 25.7 Å². The van der Waals surface area contributed by atoms with Gasteiger partial charge in [0.1, 0.15) is 48.3 Å². The van der Waals surface area contributed by atoms with Crippen molar-refractivity contribution < 1.29 is 76.7 Å². The van der Waals surface area contributed by atoms with Gasteiger partial charge in [-0.1, -0.05) is 0 Å². The van der Waals surface area contributed by atoms with Crippen LogP contribution in [0.15, 0.2) is 0 Å². The SMILES string of the molecule is C#CCCC(=O)NCCCC[C@@H]1NC(=O)CNC(=O)[C@@H]2CCCN2C(=O)[C@H](CCCCNC(=O)CCC#C)NC(=O)[C@H](CCCCNC(=O)C=O)NC(=O)[C@H](CCCCNC(=O)CCC#C)NC(=O)CNC(=O)[C@@H]2CCCN2C(=O)[C@H](CCCCNC(=O)CCC#C)NC(=O)[C@H](C)NC1=O. The van der Waals surface area contributed by atoms with Crippen molar-refractivity contribution in [3.63, 3.8) is 0 Å². The third-order valence-corrected chi connectivity index (χ3v) is 16.7. The average molecular weight is 1400 g/mol. The molecule has 15 amide bonds. The van der Waals surface area contributed by atoms with Crippen molar-refractivity contribution in [3.05, 3.63) is 0 Å². The lowest BCUT2D eigenvalue weighted by atomic mass is 10.0. The van der Waals surface area contributed by atoms with Crippen LogP contribution >= 0.6 is 0 Å². The molecule has 100 heavy (non-hydrogen) atoms. The second-order valence-corrected chi connectivity index (χ2v) is 24.6. The highest BCUT2D eigenvalue weighted by atomic mass is 16.2. The van der Waals surface area contributed by atoms with Crippen molar-refractivity contribution in [2.45, 2.75) is 229 Å². The fraction of sp³-hybridized carbons (Fsp3) is 0.652. The van der Waals surface area contributed by atoms with Gasteiger partial charge in [-0.3, -0.25) is 76.7 Å². The minimum absolute atomic E-state index is 0.00282. The molecular formula is C69H101N15O16. The highest BCUT2D eigenvalue weighted by molar-refractivity contribution is 6.23. The van der Waals surface area contributed by atoms with Crippen molar-refractivity contribution in [2.75, 3.05) is 58.9 Å². The van der Waals surface area contributed by atoms with E-state index in [9.17, 15) is 76.7 Å². The zero-order chi connectivity index (χ0) is 73.6. The quantitative estimate of drug-likeness (QED) is 0.0136. The van der Waals surface area contributed by atoms with Gasteiger partial charge >= 0.3 is 0 Å². The molecule has 3 saturated heterocycles. The number of fused-ring (bicyclic) bond motifs is 2. The summed E-state index contributed by atoms with van der Waals surface area (Å²) in [5, 5.41) is 34.5. The minimum Gasteiger partial charge on any atom is -0.356 e. The molecule has 13 N–H and O–H groups in total. The first kappa shape index (κ1) is 84.2. The molecule has 0 aromatic carbocycles. The van der Waals surface area contributed by atoms with E-state index in [1.54, 1.807) is 0 Å². The van der Waals surface area contributed by atoms with Crippen molar-refractivity contribution in [1.82, 2.24) is 78.9 Å². The Labute approximate surface area is 585 Å². The number of unbranched alkanes of at least 4 members (excludes halogenated alkanes) is 5. The maximum absolute atomic E-state index is 14.9. The fourth-order valence-electron chi connectivity index (χ4n) is 11.2. The highest BCUT2D eigenvalue weighted by Crippen LogP contribution is 2.22. The summed E-state index contributed by atoms with van der Waals surface area (Å²) in [4.78, 5) is 218. The van der Waals surface area contributed by atoms with Crippen LogP contribution in [-0.4, -0.2) is 212 Å². The Kier molecular flexibility index (Phi) is 40.9. The molecule has 0 unspecified atom stereocenters. The molecule has 0 aromatic heterocycles. The van der Waals surface area contributed by atoms with Gasteiger partial charge in [0, 0.05) is 97.2 Å². The Morgan fingerprint density at radius 3 is 1.05 bits per heavy atom. The summed E-state index contributed by atoms with van der Waals surface area (Å²) in [7, 11) is 0. The van der Waals surface area contributed by atoms with Gasteiger partial charge in [0.2, 0.25) is 89.0 Å². The van der Waals surface area contributed by atoms with Crippen LogP contribution in [0.2, 0.25) is 0 Å². The third kappa shape index (κ3) is 33.0. The molecule has 3 aliphatic rings. The van der Waals surface area contributed by atoms with Gasteiger partial charge < -0.3 is 78.9 Å². The standard InChI is InChI=1S/C69H101N15O16/c1-6-10-33-55(86)70-37-19-14-26-48-63(94)77-47(5)62(93)81-51(29-17-22-39-72-57(88)35-12-8-3)68(99)83-42-24-31-53(83)66(97)76-45-60(91)79-49(27-15-20-38-71-56(87)34-11-7-2)64(95)80-50(28-16-21-41-74-61(92)46-85)65(96)82-52(30-18-23-40-73-58(89)36-13-9-4)69(100)84-43-25-32-54(84)67(98)75-44-59(90)78-48/h1-4,46-54H,10-45H2,5H3,(H,70,86)(H,71,87)(H,72,88)(H,73,89)(H,74,92)(H,75,98)(H,76,97)(H,77,94)(H,78,90)(H,79,91)(H,80,95)(H,81,93)(H,82,96)/t47-,48-,49-,50-,51-,52-,53-,54-/m0/s1. The van der Waals surface area contributed by atoms with E-state index in [2.05, 4.69) is 92.8 Å². The summed E-state index contributed by atoms with van der Waals surface area (Å²) in [6.45, 7) is 0.750. The number of aldehydes is 1. The van der Waals surface area contributed by atoms with Gasteiger partial charge in [0.25, 0.3) is 5.91 Å². The second-order valence-electron chi connectivity index (χ2n) is 24.6. The summed E-state index contributed by atoms with van der Waals surface area (Å²) >= 11 is 0. The maximum Gasteiger partial charge on any atom is 0.284 e. The topological polar surface area (TPSA) is 436 Å². The molecular weight excluding hydrogens is 1290 g/mol. The molecule has 31 heteroatoms. The lowest BCUT2D eigenvalue weighted by molar-refractivity contribution is -0.142. The predicted octanol–water partition coefficient (Wildman–Crippen LogP) is -2.57. The maximum atomic E-state index is 14.9. The number of hydrogen-bond donors (Lipinski definition) is 13. The number of terminal acetylenes is 4. The first-order chi connectivity index (χ1) is 48.1. The van der Waals surface area contributed by atoms with Crippen molar-refractivity contribution in [3.8, 4) is 49.4 Å². The number of nitrogens with zero attached hydrogens (tertiary/aromatic N) is 2. The zero-order valence-corrected chi connectivity index (χ0v) is 57.4. The van der Waals surface area contributed by atoms with Crippen LogP contribution in [0.4, 0.5) is 0 Å². The Hall–Kier alpha value is -10.0. The second kappa shape index (κ2) is 48.6. The molecule has 3 rings (SSSR count). The average Bonchev–Trinajstić information content (AvgIpc) is 1.62. The van der Waals surface area contributed by atoms with E-state index in [0.29, 0.717) is 38.5 Å². The lowest BCUT2D eigenvalue weighted by Crippen LogP contribution is -2.59. The van der Waals surface area contributed by atoms with E-state index >= 15 is 0 Å². The third-order valence-electron chi connectivity index (χ3n) is 16.7. The number of carbonyl (C=O) groups is 16. The van der Waals surface area contributed by atoms with Gasteiger partial charge in [-0.2, -0.15) is 0 Å². The van der Waals surface area contributed by atoms with Gasteiger partial charge in [-0.15, -0.1) is 49.4 Å². The van der Waals surface area contributed by atoms with E-state index in [0.717, 1.165) is 0 Å². The Balaban J connectivity index is 2.13. The van der Waals surface area contributed by atoms with Crippen molar-refractivity contribution in [2.24, 2.45) is 0 Å². The Morgan fingerprint density at radius 2 is 0.710 bits per heavy atom. The van der Waals surface area contributed by atoms with Crippen LogP contribution in [-0.2, 0) is 76.7 Å². The molecule has 3 heterocycles. The molecule has 548 valence electrons. The number of amides is 15. The monoisotopic (exact) mass is 1400 g/mol. The predicted molar refractivity (Wildman–Crippen MR) is 365 cm³/mol. The van der Waals surface area contributed by atoms with Crippen molar-refractivity contribution in [1.29, 1.82) is 0 Å². The number of rotatable bonds is 34. The molecule has 3 aliphatic heterocycles. The van der Waals surface area contributed by atoms with E-state index in [1.165, 1.54) is 16.7 Å². The molecule has 0 saturated carbocycles. The van der Waals surface area contributed by atoms with Gasteiger partial charge in [0.15, 0.2) is 0 Å². The summed E-state index contributed by atoms with van der Waals surface area (Å²) < 4.78 is 0. The number of carbonyl (C=O) groups excluding carboxylic acids is 16. The largest absolute Gasteiger partial charge is 0.356 e. The zero-order valence-electron chi connectivity index (χ0n) is 57.4. The molecule has 0 aliphatic carbocycles. The van der Waals surface area contributed by atoms with Crippen LogP contribution in [0.5, 0.6) is 0 Å². The van der Waals surface area contributed by atoms with E-state index < -0.39 is 126 Å². The van der Waals surface area contributed by atoms with Crippen LogP contribution < -0.4 is 69.1 Å². The van der Waals surface area contributed by atoms with Gasteiger partial charge in [-0.05, 0) is 129 Å². The molecule has 0 radical (unpaired) electrons. The van der Waals surface area contributed by atoms with Gasteiger partial charge in [0.05, 0.1) is 13.1 Å². The van der Waals surface area contributed by atoms with E-state index in [1.807, 2.05) is 0 Å². The molecule has 8 atom stereocenters. The number of hydrogen-bond acceptors (Lipinski definition) is 16. The molecule has 0 aromatic rings. The minimum atomic E-state index is -1.45. The van der Waals surface area contributed by atoms with Crippen LogP contribution in [0.3, 0.4) is 0 Å². The lowest BCUT2D eigenvalue weighted by Gasteiger charge is -2.30. The highest BCUT2D eigenvalue weighted by Gasteiger charge is 2.41. The molecule has 31 nitrogen and oxygen atoms in total. The normalized spacial score (nSPS) is 21.4. The molecule has 3 fully saturated rings. The van der Waals surface area contributed by atoms with E-state index in [-0.39, 0.29) is 211 Å². The molecule has 0 spiro atoms. The first-order valence-corrected chi connectivity index (χ1v) is 34.6. The number of nitrogens with one attached hydrogen (secondary N) is 13. The Bertz CT molecular complexity index is 3010. The van der Waals surface area contributed by atoms with Gasteiger partial charge in [-0.25, -0.2) is 0 Å². The van der Waals surface area contributed by atoms with Crippen molar-refractivity contribution >= 4 is 94.9 Å². The summed E-state index contributed by atoms with van der Waals surface area (Å²) in [5.74, 6) is -0.502. The smallest absolute Gasteiger partial charge is 0.284 e. The van der Waals surface area contributed by atoms with Crippen LogP contribution in [0, 0.1) is 49.4 Å². The van der Waals surface area contributed by atoms with Crippen LogP contribution in [0.25, 0.3) is 0 Å². The van der Waals surface area contributed by atoms with Crippen LogP contribution in [0.1, 0.15) is 180 Å².